The predicted molar refractivity (Wildman–Crippen MR) is 30.2 cm³/mol. The van der Waals surface area contributed by atoms with Crippen LogP contribution in [0.4, 0.5) is 0 Å². The molecule has 0 aromatic rings. The van der Waals surface area contributed by atoms with E-state index in [2.05, 4.69) is 4.74 Å². The smallest absolute Gasteiger partial charge is 0.468 e. The third-order valence-corrected chi connectivity index (χ3v) is 0.758. The van der Waals surface area contributed by atoms with Gasteiger partial charge in [0.1, 0.15) is 6.04 Å². The van der Waals surface area contributed by atoms with Gasteiger partial charge in [-0.3, -0.25) is 4.79 Å². The molecule has 0 aliphatic carbocycles. The first-order valence-electron chi connectivity index (χ1n) is 2.26. The average molecular weight is 119 g/mol. The number of carbonyl (C=O) groups excluding carboxylic acids is 1. The van der Waals surface area contributed by atoms with E-state index < -0.39 is 12.0 Å². The molecule has 0 saturated carbocycles. The van der Waals surface area contributed by atoms with E-state index in [1.165, 1.54) is 7.11 Å². The van der Waals surface area contributed by atoms with E-state index in [1.807, 2.05) is 0 Å². The first kappa shape index (κ1) is 7.39. The van der Waals surface area contributed by atoms with Crippen molar-refractivity contribution in [2.75, 3.05) is 13.7 Å². The van der Waals surface area contributed by atoms with Gasteiger partial charge in [0.05, 0.1) is 7.11 Å². The Morgan fingerprint density at radius 2 is 2.50 bits per heavy atom. The summed E-state index contributed by atoms with van der Waals surface area (Å²) in [4.78, 5) is 10.3. The Hall–Kier alpha value is -0.610. The van der Waals surface area contributed by atoms with Crippen LogP contribution in [-0.2, 0) is 9.53 Å². The molecule has 0 saturated heterocycles. The summed E-state index contributed by atoms with van der Waals surface area (Å²) in [6.07, 6.45) is 0. The Kier molecular flexibility index (Phi) is 3.14. The molecule has 0 radical (unpaired) electrons. The number of nitrogens with two attached hydrogens (primary N) is 2. The van der Waals surface area contributed by atoms with Crippen molar-refractivity contribution in [3.63, 3.8) is 0 Å². The second kappa shape index (κ2) is 3.40. The maximum atomic E-state index is 10.3. The minimum Gasteiger partial charge on any atom is -0.468 e. The summed E-state index contributed by atoms with van der Waals surface area (Å²) in [5, 5.41) is 0. The van der Waals surface area contributed by atoms with Gasteiger partial charge in [0.2, 0.25) is 0 Å². The standard InChI is InChI=1S/C4H10N2O2/c1-8-4(7)3(6)2-5/h3H,2,5-6H2,1H3/p+1. The molecule has 0 spiro atoms. The van der Waals surface area contributed by atoms with Crippen molar-refractivity contribution in [2.24, 2.45) is 11.5 Å². The fraction of sp³-hybridized carbons (Fsp3) is 0.750. The molecule has 0 aromatic carbocycles. The molecule has 0 aromatic heterocycles. The second-order valence-corrected chi connectivity index (χ2v) is 1.37. The van der Waals surface area contributed by atoms with E-state index >= 15 is 0 Å². The summed E-state index contributed by atoms with van der Waals surface area (Å²) in [5.74, 6) is -0.465. The molecular formula is C4H11N2O2+. The SMILES string of the molecule is COC(=O)C(N)CN.[H+]. The van der Waals surface area contributed by atoms with Crippen molar-refractivity contribution in [1.29, 1.82) is 0 Å². The highest BCUT2D eigenvalue weighted by molar-refractivity contribution is 5.75. The highest BCUT2D eigenvalue weighted by atomic mass is 16.5. The maximum absolute atomic E-state index is 10.3. The van der Waals surface area contributed by atoms with Gasteiger partial charge in [-0.05, 0) is 0 Å². The molecule has 4 N–H and O–H groups in total. The fourth-order valence-corrected chi connectivity index (χ4v) is 0.248. The van der Waals surface area contributed by atoms with Crippen molar-refractivity contribution >= 4 is 5.97 Å². The van der Waals surface area contributed by atoms with E-state index in [0.29, 0.717) is 0 Å². The lowest BCUT2D eigenvalue weighted by Gasteiger charge is -2.03. The van der Waals surface area contributed by atoms with E-state index in [0.717, 1.165) is 0 Å². The molecular weight excluding hydrogens is 108 g/mol. The summed E-state index contributed by atoms with van der Waals surface area (Å²) in [6.45, 7) is 0.132. The number of methoxy groups -OCH3 is 1. The number of carbonyl (C=O) groups is 1. The molecule has 0 amide bonds. The lowest BCUT2D eigenvalue weighted by atomic mass is 10.3. The van der Waals surface area contributed by atoms with Crippen molar-refractivity contribution < 1.29 is 11.0 Å². The lowest BCUT2D eigenvalue weighted by Crippen LogP contribution is -2.38. The zero-order chi connectivity index (χ0) is 6.57. The number of esters is 1. The van der Waals surface area contributed by atoms with Gasteiger partial charge in [0.15, 0.2) is 0 Å². The topological polar surface area (TPSA) is 78.3 Å². The minimum atomic E-state index is -0.667. The van der Waals surface area contributed by atoms with Crippen LogP contribution in [0.15, 0.2) is 0 Å². The van der Waals surface area contributed by atoms with Crippen LogP contribution in [0.25, 0.3) is 0 Å². The third kappa shape index (κ3) is 1.90. The Bertz CT molecular complexity index is 88.6. The molecule has 1 atom stereocenters. The molecule has 0 aliphatic rings. The number of hydrogen-bond acceptors (Lipinski definition) is 4. The molecule has 8 heavy (non-hydrogen) atoms. The molecule has 0 aliphatic heterocycles. The van der Waals surface area contributed by atoms with Crippen LogP contribution < -0.4 is 11.5 Å². The molecule has 0 fully saturated rings. The number of rotatable bonds is 2. The molecule has 48 valence electrons. The largest absolute Gasteiger partial charge is 1.00 e. The number of ether oxygens (including phenoxy) is 1. The molecule has 0 rings (SSSR count). The first-order valence-corrected chi connectivity index (χ1v) is 2.26. The van der Waals surface area contributed by atoms with Crippen molar-refractivity contribution in [3.05, 3.63) is 0 Å². The van der Waals surface area contributed by atoms with Gasteiger partial charge in [-0.2, -0.15) is 0 Å². The van der Waals surface area contributed by atoms with Gasteiger partial charge in [-0.1, -0.05) is 0 Å². The monoisotopic (exact) mass is 119 g/mol. The highest BCUT2D eigenvalue weighted by Gasteiger charge is 2.09. The van der Waals surface area contributed by atoms with Crippen LogP contribution in [-0.4, -0.2) is 25.7 Å². The van der Waals surface area contributed by atoms with Crippen LogP contribution in [0.1, 0.15) is 1.43 Å². The van der Waals surface area contributed by atoms with Crippen LogP contribution in [0.5, 0.6) is 0 Å². The lowest BCUT2D eigenvalue weighted by molar-refractivity contribution is -0.141. The quantitative estimate of drug-likeness (QED) is 0.436. The Labute approximate surface area is 49.3 Å². The normalized spacial score (nSPS) is 12.9. The zero-order valence-electron chi connectivity index (χ0n) is 5.76. The van der Waals surface area contributed by atoms with Crippen LogP contribution in [0.2, 0.25) is 0 Å². The maximum Gasteiger partial charge on any atom is 1.00 e. The van der Waals surface area contributed by atoms with Gasteiger partial charge in [-0.25, -0.2) is 0 Å². The summed E-state index contributed by atoms with van der Waals surface area (Å²) >= 11 is 0. The van der Waals surface area contributed by atoms with Crippen LogP contribution >= 0.6 is 0 Å². The van der Waals surface area contributed by atoms with Gasteiger partial charge in [0, 0.05) is 6.54 Å². The number of hydrogen-bond donors (Lipinski definition) is 2. The van der Waals surface area contributed by atoms with E-state index in [-0.39, 0.29) is 7.97 Å². The minimum absolute atomic E-state index is 0. The van der Waals surface area contributed by atoms with Crippen molar-refractivity contribution in [2.45, 2.75) is 6.04 Å². The molecule has 4 nitrogen and oxygen atoms in total. The van der Waals surface area contributed by atoms with Crippen molar-refractivity contribution in [3.8, 4) is 0 Å². The third-order valence-electron chi connectivity index (χ3n) is 0.758. The van der Waals surface area contributed by atoms with Gasteiger partial charge in [0.25, 0.3) is 0 Å². The Morgan fingerprint density at radius 1 is 2.00 bits per heavy atom. The molecule has 4 heteroatoms. The summed E-state index contributed by atoms with van der Waals surface area (Å²) in [5.41, 5.74) is 10.2. The van der Waals surface area contributed by atoms with Gasteiger partial charge < -0.3 is 16.2 Å². The van der Waals surface area contributed by atoms with Crippen molar-refractivity contribution in [1.82, 2.24) is 0 Å². The van der Waals surface area contributed by atoms with Crippen LogP contribution in [0, 0.1) is 0 Å². The summed E-state index contributed by atoms with van der Waals surface area (Å²) < 4.78 is 4.26. The average Bonchev–Trinajstić information content (AvgIpc) is 1.84. The first-order chi connectivity index (χ1) is 3.72. The van der Waals surface area contributed by atoms with Gasteiger partial charge in [-0.15, -0.1) is 0 Å². The van der Waals surface area contributed by atoms with Gasteiger partial charge >= 0.3 is 7.40 Å². The molecule has 1 unspecified atom stereocenters. The zero-order valence-corrected chi connectivity index (χ0v) is 4.76. The summed E-state index contributed by atoms with van der Waals surface area (Å²) in [7, 11) is 1.28. The Morgan fingerprint density at radius 3 is 2.62 bits per heavy atom. The highest BCUT2D eigenvalue weighted by Crippen LogP contribution is 1.76. The molecule has 0 heterocycles. The second-order valence-electron chi connectivity index (χ2n) is 1.37. The molecule has 0 bridgehead atoms. The summed E-state index contributed by atoms with van der Waals surface area (Å²) in [6, 6.07) is -0.667. The predicted octanol–water partition coefficient (Wildman–Crippen LogP) is -1.44. The van der Waals surface area contributed by atoms with Crippen LogP contribution in [0.3, 0.4) is 0 Å². The Balaban J connectivity index is 0. The van der Waals surface area contributed by atoms with E-state index in [9.17, 15) is 4.79 Å². The van der Waals surface area contributed by atoms with E-state index in [1.54, 1.807) is 0 Å². The van der Waals surface area contributed by atoms with E-state index in [4.69, 9.17) is 11.5 Å². The fourth-order valence-electron chi connectivity index (χ4n) is 0.248.